The number of hydrogen-bond acceptors (Lipinski definition) is 2. The fraction of sp³-hybridized carbons (Fsp3) is 0.462. The SMILES string of the molecule is CC(N)C(=O)N(Cc1ccc(Cl)cc1)C1CC1.Cl. The van der Waals surface area contributed by atoms with Crippen LogP contribution in [0, 0.1) is 0 Å². The number of hydrogen-bond donors (Lipinski definition) is 1. The molecule has 1 aliphatic rings. The number of halogens is 2. The highest BCUT2D eigenvalue weighted by Gasteiger charge is 2.33. The predicted octanol–water partition coefficient (Wildman–Crippen LogP) is 2.60. The first-order valence-electron chi connectivity index (χ1n) is 5.88. The van der Waals surface area contributed by atoms with Crippen molar-refractivity contribution in [2.24, 2.45) is 5.73 Å². The molecule has 0 aromatic heterocycles. The second kappa shape index (κ2) is 6.41. The molecule has 0 bridgehead atoms. The van der Waals surface area contributed by atoms with E-state index in [2.05, 4.69) is 0 Å². The minimum absolute atomic E-state index is 0. The Hall–Kier alpha value is -0.770. The largest absolute Gasteiger partial charge is 0.334 e. The van der Waals surface area contributed by atoms with Gasteiger partial charge in [0.25, 0.3) is 0 Å². The van der Waals surface area contributed by atoms with Crippen LogP contribution in [0.2, 0.25) is 5.02 Å². The molecule has 1 amide bonds. The summed E-state index contributed by atoms with van der Waals surface area (Å²) in [6, 6.07) is 7.54. The summed E-state index contributed by atoms with van der Waals surface area (Å²) in [5.41, 5.74) is 6.76. The Morgan fingerprint density at radius 2 is 2.00 bits per heavy atom. The Kier molecular flexibility index (Phi) is 5.45. The number of nitrogens with two attached hydrogens (primary N) is 1. The molecule has 18 heavy (non-hydrogen) atoms. The van der Waals surface area contributed by atoms with Gasteiger partial charge in [-0.3, -0.25) is 4.79 Å². The highest BCUT2D eigenvalue weighted by Crippen LogP contribution is 2.29. The maximum Gasteiger partial charge on any atom is 0.239 e. The third-order valence-corrected chi connectivity index (χ3v) is 3.18. The van der Waals surface area contributed by atoms with Crippen molar-refractivity contribution in [3.05, 3.63) is 34.9 Å². The number of amides is 1. The van der Waals surface area contributed by atoms with Crippen molar-refractivity contribution in [3.8, 4) is 0 Å². The zero-order valence-electron chi connectivity index (χ0n) is 10.3. The summed E-state index contributed by atoms with van der Waals surface area (Å²) < 4.78 is 0. The highest BCUT2D eigenvalue weighted by molar-refractivity contribution is 6.30. The molecule has 1 fully saturated rings. The summed E-state index contributed by atoms with van der Waals surface area (Å²) >= 11 is 5.84. The van der Waals surface area contributed by atoms with Gasteiger partial charge in [-0.2, -0.15) is 0 Å². The molecular weight excluding hydrogens is 271 g/mol. The third-order valence-electron chi connectivity index (χ3n) is 2.93. The molecule has 2 N–H and O–H groups in total. The van der Waals surface area contributed by atoms with Crippen molar-refractivity contribution >= 4 is 29.9 Å². The lowest BCUT2D eigenvalue weighted by Crippen LogP contribution is -2.42. The van der Waals surface area contributed by atoms with Crippen molar-refractivity contribution in [2.75, 3.05) is 0 Å². The molecule has 2 rings (SSSR count). The van der Waals surface area contributed by atoms with Crippen LogP contribution in [0.1, 0.15) is 25.3 Å². The number of nitrogens with zero attached hydrogens (tertiary/aromatic N) is 1. The van der Waals surface area contributed by atoms with E-state index in [9.17, 15) is 4.79 Å². The molecule has 0 saturated heterocycles. The first kappa shape index (κ1) is 15.3. The Morgan fingerprint density at radius 3 is 2.44 bits per heavy atom. The van der Waals surface area contributed by atoms with E-state index >= 15 is 0 Å². The standard InChI is InChI=1S/C13H17ClN2O.ClH/c1-9(15)13(17)16(12-6-7-12)8-10-2-4-11(14)5-3-10;/h2-5,9,12H,6-8,15H2,1H3;1H. The summed E-state index contributed by atoms with van der Waals surface area (Å²) in [4.78, 5) is 13.9. The van der Waals surface area contributed by atoms with Gasteiger partial charge in [-0.25, -0.2) is 0 Å². The van der Waals surface area contributed by atoms with E-state index in [1.165, 1.54) is 0 Å². The lowest BCUT2D eigenvalue weighted by atomic mass is 10.2. The minimum atomic E-state index is -0.428. The van der Waals surface area contributed by atoms with E-state index in [4.69, 9.17) is 17.3 Å². The smallest absolute Gasteiger partial charge is 0.239 e. The molecule has 1 atom stereocenters. The molecule has 100 valence electrons. The lowest BCUT2D eigenvalue weighted by molar-refractivity contribution is -0.133. The van der Waals surface area contributed by atoms with Crippen LogP contribution in [0.4, 0.5) is 0 Å². The molecule has 0 aliphatic heterocycles. The van der Waals surface area contributed by atoms with Crippen LogP contribution in [-0.2, 0) is 11.3 Å². The monoisotopic (exact) mass is 288 g/mol. The van der Waals surface area contributed by atoms with Gasteiger partial charge in [0.15, 0.2) is 0 Å². The van der Waals surface area contributed by atoms with E-state index in [0.717, 1.165) is 18.4 Å². The Labute approximate surface area is 119 Å². The van der Waals surface area contributed by atoms with Crippen molar-refractivity contribution in [2.45, 2.75) is 38.4 Å². The van der Waals surface area contributed by atoms with Gasteiger partial charge in [0.1, 0.15) is 0 Å². The minimum Gasteiger partial charge on any atom is -0.334 e. The zero-order chi connectivity index (χ0) is 12.4. The van der Waals surface area contributed by atoms with E-state index < -0.39 is 6.04 Å². The van der Waals surface area contributed by atoms with Gasteiger partial charge in [-0.15, -0.1) is 12.4 Å². The summed E-state index contributed by atoms with van der Waals surface area (Å²) in [5, 5.41) is 0.713. The van der Waals surface area contributed by atoms with Crippen LogP contribution >= 0.6 is 24.0 Å². The Balaban J connectivity index is 0.00000162. The van der Waals surface area contributed by atoms with Gasteiger partial charge in [0.05, 0.1) is 6.04 Å². The molecule has 5 heteroatoms. The number of carbonyl (C=O) groups excluding carboxylic acids is 1. The predicted molar refractivity (Wildman–Crippen MR) is 75.9 cm³/mol. The first-order chi connectivity index (χ1) is 8.08. The lowest BCUT2D eigenvalue weighted by Gasteiger charge is -2.24. The molecule has 1 unspecified atom stereocenters. The van der Waals surface area contributed by atoms with Gasteiger partial charge in [0, 0.05) is 17.6 Å². The maximum absolute atomic E-state index is 12.0. The highest BCUT2D eigenvalue weighted by atomic mass is 35.5. The normalized spacial score (nSPS) is 15.7. The quantitative estimate of drug-likeness (QED) is 0.926. The van der Waals surface area contributed by atoms with Crippen LogP contribution in [0.5, 0.6) is 0 Å². The summed E-state index contributed by atoms with van der Waals surface area (Å²) in [6.45, 7) is 2.36. The van der Waals surface area contributed by atoms with Crippen molar-refractivity contribution < 1.29 is 4.79 Å². The number of rotatable bonds is 4. The summed E-state index contributed by atoms with van der Waals surface area (Å²) in [5.74, 6) is 0.0300. The maximum atomic E-state index is 12.0. The summed E-state index contributed by atoms with van der Waals surface area (Å²) in [6.07, 6.45) is 2.18. The summed E-state index contributed by atoms with van der Waals surface area (Å²) in [7, 11) is 0. The van der Waals surface area contributed by atoms with Gasteiger partial charge in [0.2, 0.25) is 5.91 Å². The molecule has 1 aromatic rings. The molecule has 1 aliphatic carbocycles. The molecule has 1 aromatic carbocycles. The molecule has 0 spiro atoms. The molecule has 0 radical (unpaired) electrons. The fourth-order valence-electron chi connectivity index (χ4n) is 1.82. The molecule has 3 nitrogen and oxygen atoms in total. The second-order valence-corrected chi connectivity index (χ2v) is 5.05. The van der Waals surface area contributed by atoms with Crippen LogP contribution in [0.25, 0.3) is 0 Å². The van der Waals surface area contributed by atoms with Gasteiger partial charge < -0.3 is 10.6 Å². The molecular formula is C13H18Cl2N2O. The third kappa shape index (κ3) is 3.87. The van der Waals surface area contributed by atoms with Crippen LogP contribution < -0.4 is 5.73 Å². The second-order valence-electron chi connectivity index (χ2n) is 4.61. The van der Waals surface area contributed by atoms with Crippen LogP contribution in [0.3, 0.4) is 0 Å². The van der Waals surface area contributed by atoms with Crippen LogP contribution in [0.15, 0.2) is 24.3 Å². The molecule has 0 heterocycles. The van der Waals surface area contributed by atoms with Gasteiger partial charge in [-0.1, -0.05) is 23.7 Å². The average Bonchev–Trinajstić information content (AvgIpc) is 3.11. The van der Waals surface area contributed by atoms with Crippen molar-refractivity contribution in [1.29, 1.82) is 0 Å². The number of carbonyl (C=O) groups is 1. The van der Waals surface area contributed by atoms with E-state index in [0.29, 0.717) is 17.6 Å². The van der Waals surface area contributed by atoms with Crippen LogP contribution in [-0.4, -0.2) is 22.9 Å². The average molecular weight is 289 g/mol. The van der Waals surface area contributed by atoms with Gasteiger partial charge >= 0.3 is 0 Å². The number of benzene rings is 1. The van der Waals surface area contributed by atoms with E-state index in [-0.39, 0.29) is 18.3 Å². The van der Waals surface area contributed by atoms with Crippen molar-refractivity contribution in [1.82, 2.24) is 4.90 Å². The van der Waals surface area contributed by atoms with Crippen molar-refractivity contribution in [3.63, 3.8) is 0 Å². The fourth-order valence-corrected chi connectivity index (χ4v) is 1.95. The first-order valence-corrected chi connectivity index (χ1v) is 6.26. The van der Waals surface area contributed by atoms with E-state index in [1.807, 2.05) is 29.2 Å². The topological polar surface area (TPSA) is 46.3 Å². The zero-order valence-corrected chi connectivity index (χ0v) is 11.9. The molecule has 1 saturated carbocycles. The van der Waals surface area contributed by atoms with Gasteiger partial charge in [-0.05, 0) is 37.5 Å². The Bertz CT molecular complexity index is 402. The Morgan fingerprint density at radius 1 is 1.44 bits per heavy atom. The van der Waals surface area contributed by atoms with E-state index in [1.54, 1.807) is 6.92 Å².